The van der Waals surface area contributed by atoms with Gasteiger partial charge in [-0.2, -0.15) is 0 Å². The number of rotatable bonds is 4. The van der Waals surface area contributed by atoms with Crippen LogP contribution in [-0.2, 0) is 13.2 Å². The topological polar surface area (TPSA) is 35.2 Å². The molecule has 0 aliphatic carbocycles. The molecule has 2 rings (SSSR count). The molecule has 0 atom stereocenters. The Morgan fingerprint density at radius 2 is 2.00 bits per heavy atom. The van der Waals surface area contributed by atoms with E-state index in [-0.39, 0.29) is 5.82 Å². The highest BCUT2D eigenvalue weighted by Crippen LogP contribution is 2.21. The van der Waals surface area contributed by atoms with Gasteiger partial charge in [0.25, 0.3) is 0 Å². The maximum Gasteiger partial charge on any atom is 0.123 e. The summed E-state index contributed by atoms with van der Waals surface area (Å²) in [6, 6.07) is 12.1. The molecule has 0 aliphatic heterocycles. The fourth-order valence-corrected chi connectivity index (χ4v) is 1.94. The first-order valence-electron chi connectivity index (χ1n) is 5.55. The van der Waals surface area contributed by atoms with Crippen LogP contribution in [0.4, 0.5) is 4.39 Å². The molecular weight excluding hydrogens is 297 g/mol. The summed E-state index contributed by atoms with van der Waals surface area (Å²) >= 11 is 3.37. The van der Waals surface area contributed by atoms with Crippen molar-refractivity contribution in [2.24, 2.45) is 5.73 Å². The van der Waals surface area contributed by atoms with E-state index in [0.29, 0.717) is 13.2 Å². The van der Waals surface area contributed by atoms with Crippen LogP contribution < -0.4 is 10.5 Å². The largest absolute Gasteiger partial charge is 0.489 e. The van der Waals surface area contributed by atoms with Gasteiger partial charge in [-0.05, 0) is 35.9 Å². The lowest BCUT2D eigenvalue weighted by Gasteiger charge is -2.09. The van der Waals surface area contributed by atoms with Crippen molar-refractivity contribution in [2.45, 2.75) is 13.2 Å². The van der Waals surface area contributed by atoms with Gasteiger partial charge in [0, 0.05) is 16.6 Å². The van der Waals surface area contributed by atoms with E-state index < -0.39 is 0 Å². The van der Waals surface area contributed by atoms with Crippen molar-refractivity contribution in [3.8, 4) is 5.75 Å². The smallest absolute Gasteiger partial charge is 0.123 e. The van der Waals surface area contributed by atoms with Gasteiger partial charge in [-0.15, -0.1) is 0 Å². The van der Waals surface area contributed by atoms with Gasteiger partial charge < -0.3 is 10.5 Å². The predicted octanol–water partition coefficient (Wildman–Crippen LogP) is 3.63. The maximum atomic E-state index is 13.1. The highest BCUT2D eigenvalue weighted by Gasteiger charge is 2.03. The van der Waals surface area contributed by atoms with E-state index in [0.717, 1.165) is 21.3 Å². The molecule has 0 spiro atoms. The molecule has 0 heterocycles. The van der Waals surface area contributed by atoms with Crippen LogP contribution in [0.1, 0.15) is 11.1 Å². The molecule has 4 heteroatoms. The summed E-state index contributed by atoms with van der Waals surface area (Å²) in [6.45, 7) is 0.785. The van der Waals surface area contributed by atoms with E-state index in [4.69, 9.17) is 10.5 Å². The molecule has 0 radical (unpaired) electrons. The standard InChI is InChI=1S/C14H13BrFNO/c15-14-5-4-12(16)7-11(14)9-18-13-3-1-2-10(6-13)8-17/h1-7H,8-9,17H2. The van der Waals surface area contributed by atoms with Gasteiger partial charge >= 0.3 is 0 Å². The Balaban J connectivity index is 2.08. The van der Waals surface area contributed by atoms with Crippen LogP contribution in [0.5, 0.6) is 5.75 Å². The number of nitrogens with two attached hydrogens (primary N) is 1. The van der Waals surface area contributed by atoms with Crippen molar-refractivity contribution < 1.29 is 9.13 Å². The molecule has 0 unspecified atom stereocenters. The van der Waals surface area contributed by atoms with Crippen LogP contribution >= 0.6 is 15.9 Å². The molecule has 0 saturated carbocycles. The van der Waals surface area contributed by atoms with E-state index in [9.17, 15) is 4.39 Å². The van der Waals surface area contributed by atoms with Crippen LogP contribution in [-0.4, -0.2) is 0 Å². The second kappa shape index (κ2) is 5.98. The first-order chi connectivity index (χ1) is 8.69. The highest BCUT2D eigenvalue weighted by atomic mass is 79.9. The molecule has 2 aromatic rings. The fourth-order valence-electron chi connectivity index (χ4n) is 1.58. The molecule has 0 bridgehead atoms. The number of ether oxygens (including phenoxy) is 1. The molecule has 2 nitrogen and oxygen atoms in total. The second-order valence-corrected chi connectivity index (χ2v) is 4.73. The summed E-state index contributed by atoms with van der Waals surface area (Å²) in [5, 5.41) is 0. The van der Waals surface area contributed by atoms with Crippen molar-refractivity contribution in [2.75, 3.05) is 0 Å². The molecule has 2 aromatic carbocycles. The zero-order valence-corrected chi connectivity index (χ0v) is 11.3. The lowest BCUT2D eigenvalue weighted by molar-refractivity contribution is 0.304. The highest BCUT2D eigenvalue weighted by molar-refractivity contribution is 9.10. The third-order valence-corrected chi connectivity index (χ3v) is 3.31. The number of benzene rings is 2. The van der Waals surface area contributed by atoms with Gasteiger partial charge in [0.05, 0.1) is 0 Å². The number of hydrogen-bond donors (Lipinski definition) is 1. The molecule has 0 fully saturated rings. The first-order valence-corrected chi connectivity index (χ1v) is 6.34. The van der Waals surface area contributed by atoms with Gasteiger partial charge in [-0.25, -0.2) is 4.39 Å². The summed E-state index contributed by atoms with van der Waals surface area (Å²) in [6.07, 6.45) is 0. The summed E-state index contributed by atoms with van der Waals surface area (Å²) in [5.74, 6) is 0.460. The molecule has 2 N–H and O–H groups in total. The van der Waals surface area contributed by atoms with Gasteiger partial charge in [0.2, 0.25) is 0 Å². The second-order valence-electron chi connectivity index (χ2n) is 3.88. The Morgan fingerprint density at radius 1 is 1.17 bits per heavy atom. The van der Waals surface area contributed by atoms with E-state index in [1.165, 1.54) is 12.1 Å². The summed E-state index contributed by atoms with van der Waals surface area (Å²) < 4.78 is 19.5. The average molecular weight is 310 g/mol. The molecule has 0 aliphatic rings. The quantitative estimate of drug-likeness (QED) is 0.936. The van der Waals surface area contributed by atoms with Crippen molar-refractivity contribution in [1.82, 2.24) is 0 Å². The Bertz CT molecular complexity index is 545. The summed E-state index contributed by atoms with van der Waals surface area (Å²) in [7, 11) is 0. The van der Waals surface area contributed by atoms with Crippen LogP contribution in [0, 0.1) is 5.82 Å². The Morgan fingerprint density at radius 3 is 2.78 bits per heavy atom. The van der Waals surface area contributed by atoms with Crippen molar-refractivity contribution >= 4 is 15.9 Å². The van der Waals surface area contributed by atoms with E-state index in [2.05, 4.69) is 15.9 Å². The zero-order chi connectivity index (χ0) is 13.0. The minimum Gasteiger partial charge on any atom is -0.489 e. The number of hydrogen-bond acceptors (Lipinski definition) is 2. The monoisotopic (exact) mass is 309 g/mol. The third kappa shape index (κ3) is 3.31. The summed E-state index contributed by atoms with van der Waals surface area (Å²) in [5.41, 5.74) is 7.33. The average Bonchev–Trinajstić information content (AvgIpc) is 2.40. The molecule has 0 aromatic heterocycles. The van der Waals surface area contributed by atoms with E-state index in [1.807, 2.05) is 24.3 Å². The Labute approximate surface area is 114 Å². The van der Waals surface area contributed by atoms with Gasteiger partial charge in [0.15, 0.2) is 0 Å². The first kappa shape index (κ1) is 13.1. The van der Waals surface area contributed by atoms with Crippen LogP contribution in [0.15, 0.2) is 46.9 Å². The third-order valence-electron chi connectivity index (χ3n) is 2.54. The molecule has 0 amide bonds. The normalized spacial score (nSPS) is 10.4. The van der Waals surface area contributed by atoms with Crippen LogP contribution in [0.3, 0.4) is 0 Å². The predicted molar refractivity (Wildman–Crippen MR) is 72.8 cm³/mol. The maximum absolute atomic E-state index is 13.1. The molecule has 18 heavy (non-hydrogen) atoms. The lowest BCUT2D eigenvalue weighted by Crippen LogP contribution is -1.99. The van der Waals surface area contributed by atoms with Crippen molar-refractivity contribution in [3.05, 3.63) is 63.9 Å². The Kier molecular flexibility index (Phi) is 4.33. The minimum absolute atomic E-state index is 0.271. The lowest BCUT2D eigenvalue weighted by atomic mass is 10.2. The van der Waals surface area contributed by atoms with Gasteiger partial charge in [0.1, 0.15) is 18.2 Å². The Hall–Kier alpha value is -1.39. The van der Waals surface area contributed by atoms with E-state index in [1.54, 1.807) is 6.07 Å². The summed E-state index contributed by atoms with van der Waals surface area (Å²) in [4.78, 5) is 0. The zero-order valence-electron chi connectivity index (χ0n) is 9.70. The van der Waals surface area contributed by atoms with Gasteiger partial charge in [-0.1, -0.05) is 28.1 Å². The van der Waals surface area contributed by atoms with Crippen LogP contribution in [0.2, 0.25) is 0 Å². The molecule has 0 saturated heterocycles. The molecule has 94 valence electrons. The van der Waals surface area contributed by atoms with Gasteiger partial charge in [-0.3, -0.25) is 0 Å². The van der Waals surface area contributed by atoms with Crippen molar-refractivity contribution in [3.63, 3.8) is 0 Å². The molecular formula is C14H13BrFNO. The minimum atomic E-state index is -0.271. The number of halogens is 2. The van der Waals surface area contributed by atoms with E-state index >= 15 is 0 Å². The van der Waals surface area contributed by atoms with Crippen LogP contribution in [0.25, 0.3) is 0 Å². The SMILES string of the molecule is NCc1cccc(OCc2cc(F)ccc2Br)c1. The fraction of sp³-hybridized carbons (Fsp3) is 0.143. The van der Waals surface area contributed by atoms with Crippen molar-refractivity contribution in [1.29, 1.82) is 0 Å².